The lowest BCUT2D eigenvalue weighted by Crippen LogP contribution is -2.32. The highest BCUT2D eigenvalue weighted by Crippen LogP contribution is 2.20. The highest BCUT2D eigenvalue weighted by atomic mass is 16.5. The molecule has 0 aliphatic rings. The van der Waals surface area contributed by atoms with Crippen LogP contribution in [0.1, 0.15) is 36.5 Å². The van der Waals surface area contributed by atoms with Crippen LogP contribution in [0.4, 0.5) is 11.6 Å². The second-order valence-electron chi connectivity index (χ2n) is 6.06. The van der Waals surface area contributed by atoms with Crippen molar-refractivity contribution in [1.82, 2.24) is 20.4 Å². The van der Waals surface area contributed by atoms with Gasteiger partial charge in [-0.25, -0.2) is 9.97 Å². The molecule has 0 aliphatic heterocycles. The Morgan fingerprint density at radius 1 is 1.15 bits per heavy atom. The molecule has 26 heavy (non-hydrogen) atoms. The Kier molecular flexibility index (Phi) is 5.26. The average Bonchev–Trinajstić information content (AvgIpc) is 3.06. The summed E-state index contributed by atoms with van der Waals surface area (Å²) in [5.41, 5.74) is 1.12. The van der Waals surface area contributed by atoms with Crippen LogP contribution in [0.3, 0.4) is 0 Å². The molecule has 0 bridgehead atoms. The van der Waals surface area contributed by atoms with E-state index in [4.69, 9.17) is 4.52 Å². The van der Waals surface area contributed by atoms with Gasteiger partial charge in [-0.1, -0.05) is 42.4 Å². The van der Waals surface area contributed by atoms with E-state index < -0.39 is 0 Å². The molecule has 2 N–H and O–H groups in total. The zero-order valence-corrected chi connectivity index (χ0v) is 15.0. The number of nitrogens with one attached hydrogen (secondary N) is 2. The topological polar surface area (TPSA) is 92.9 Å². The summed E-state index contributed by atoms with van der Waals surface area (Å²) in [5.74, 6) is 1.90. The predicted molar refractivity (Wildman–Crippen MR) is 99.2 cm³/mol. The molecule has 7 nitrogen and oxygen atoms in total. The summed E-state index contributed by atoms with van der Waals surface area (Å²) in [6.45, 7) is 5.77. The third-order valence-electron chi connectivity index (χ3n) is 3.86. The lowest BCUT2D eigenvalue weighted by atomic mass is 10.2. The predicted octanol–water partition coefficient (Wildman–Crippen LogP) is 3.71. The minimum absolute atomic E-state index is 0.0623. The van der Waals surface area contributed by atoms with Gasteiger partial charge in [0.25, 0.3) is 5.91 Å². The number of amides is 1. The number of aryl methyl sites for hydroxylation is 1. The maximum atomic E-state index is 12.5. The third kappa shape index (κ3) is 4.24. The average molecular weight is 351 g/mol. The molecule has 1 unspecified atom stereocenters. The van der Waals surface area contributed by atoms with E-state index in [1.807, 2.05) is 44.2 Å². The van der Waals surface area contributed by atoms with Crippen LogP contribution >= 0.6 is 0 Å². The number of benzene rings is 1. The molecule has 1 amide bonds. The van der Waals surface area contributed by atoms with Gasteiger partial charge in [-0.2, -0.15) is 0 Å². The zero-order chi connectivity index (χ0) is 18.5. The van der Waals surface area contributed by atoms with Crippen molar-refractivity contribution in [1.29, 1.82) is 0 Å². The first-order valence-corrected chi connectivity index (χ1v) is 8.51. The summed E-state index contributed by atoms with van der Waals surface area (Å²) in [5, 5.41) is 9.89. The van der Waals surface area contributed by atoms with Crippen molar-refractivity contribution < 1.29 is 9.32 Å². The first-order chi connectivity index (χ1) is 12.5. The van der Waals surface area contributed by atoms with E-state index in [-0.39, 0.29) is 11.9 Å². The second-order valence-corrected chi connectivity index (χ2v) is 6.06. The number of carbonyl (C=O) groups excluding carboxylic acids is 1. The van der Waals surface area contributed by atoms with Gasteiger partial charge in [0.1, 0.15) is 17.3 Å². The van der Waals surface area contributed by atoms with Crippen LogP contribution in [0, 0.1) is 6.92 Å². The number of anilines is 2. The van der Waals surface area contributed by atoms with Gasteiger partial charge in [0.15, 0.2) is 11.6 Å². The highest BCUT2D eigenvalue weighted by Gasteiger charge is 2.15. The lowest BCUT2D eigenvalue weighted by Gasteiger charge is -2.12. The molecule has 3 rings (SSSR count). The van der Waals surface area contributed by atoms with Gasteiger partial charge in [0, 0.05) is 23.7 Å². The molecule has 134 valence electrons. The quantitative estimate of drug-likeness (QED) is 0.703. The fourth-order valence-corrected chi connectivity index (χ4v) is 2.30. The van der Waals surface area contributed by atoms with Crippen molar-refractivity contribution in [2.45, 2.75) is 33.2 Å². The summed E-state index contributed by atoms with van der Waals surface area (Å²) >= 11 is 0. The van der Waals surface area contributed by atoms with Crippen molar-refractivity contribution in [2.24, 2.45) is 0 Å². The molecule has 3 aromatic rings. The Morgan fingerprint density at radius 2 is 1.92 bits per heavy atom. The van der Waals surface area contributed by atoms with Gasteiger partial charge in [0.05, 0.1) is 0 Å². The molecule has 0 saturated heterocycles. The van der Waals surface area contributed by atoms with Crippen LogP contribution in [-0.2, 0) is 0 Å². The van der Waals surface area contributed by atoms with Crippen LogP contribution in [-0.4, -0.2) is 27.1 Å². The van der Waals surface area contributed by atoms with E-state index in [0.29, 0.717) is 28.9 Å². The Balaban J connectivity index is 1.97. The molecule has 7 heteroatoms. The normalized spacial score (nSPS) is 11.8. The minimum atomic E-state index is -0.238. The number of hydrogen-bond acceptors (Lipinski definition) is 6. The Morgan fingerprint density at radius 3 is 2.58 bits per heavy atom. The van der Waals surface area contributed by atoms with Crippen LogP contribution in [0.15, 0.2) is 47.0 Å². The number of hydrogen-bond donors (Lipinski definition) is 2. The molecule has 0 spiro atoms. The molecule has 2 heterocycles. The van der Waals surface area contributed by atoms with Crippen LogP contribution in [0.25, 0.3) is 11.4 Å². The van der Waals surface area contributed by atoms with Crippen LogP contribution < -0.4 is 10.6 Å². The zero-order valence-electron chi connectivity index (χ0n) is 15.0. The van der Waals surface area contributed by atoms with E-state index >= 15 is 0 Å². The summed E-state index contributed by atoms with van der Waals surface area (Å²) in [7, 11) is 0. The fourth-order valence-electron chi connectivity index (χ4n) is 2.30. The van der Waals surface area contributed by atoms with E-state index in [2.05, 4.69) is 25.8 Å². The van der Waals surface area contributed by atoms with E-state index in [9.17, 15) is 4.79 Å². The van der Waals surface area contributed by atoms with Crippen molar-refractivity contribution in [3.8, 4) is 11.4 Å². The van der Waals surface area contributed by atoms with Crippen molar-refractivity contribution >= 4 is 17.5 Å². The summed E-state index contributed by atoms with van der Waals surface area (Å²) in [6, 6.07) is 12.9. The lowest BCUT2D eigenvalue weighted by molar-refractivity contribution is 0.0934. The second kappa shape index (κ2) is 7.77. The largest absolute Gasteiger partial charge is 0.360 e. The number of carbonyl (C=O) groups is 1. The molecule has 0 aliphatic carbocycles. The standard InChI is InChI=1S/C19H21N5O2/c1-4-12(2)20-19(25)15-11-16(22-17-10-13(3)26-24-17)23-18(21-15)14-8-6-5-7-9-14/h5-12H,4H2,1-3H3,(H,20,25)(H,21,22,23,24). The maximum absolute atomic E-state index is 12.5. The number of rotatable bonds is 6. The van der Waals surface area contributed by atoms with Gasteiger partial charge < -0.3 is 15.2 Å². The molecular weight excluding hydrogens is 330 g/mol. The molecule has 1 atom stereocenters. The summed E-state index contributed by atoms with van der Waals surface area (Å²) < 4.78 is 5.06. The van der Waals surface area contributed by atoms with E-state index in [1.165, 1.54) is 0 Å². The number of nitrogens with zero attached hydrogens (tertiary/aromatic N) is 3. The monoisotopic (exact) mass is 351 g/mol. The minimum Gasteiger partial charge on any atom is -0.360 e. The van der Waals surface area contributed by atoms with Crippen LogP contribution in [0.5, 0.6) is 0 Å². The highest BCUT2D eigenvalue weighted by molar-refractivity contribution is 5.93. The first-order valence-electron chi connectivity index (χ1n) is 8.51. The first kappa shape index (κ1) is 17.6. The SMILES string of the molecule is CCC(C)NC(=O)c1cc(Nc2cc(C)on2)nc(-c2ccccc2)n1. The number of aromatic nitrogens is 3. The summed E-state index contributed by atoms with van der Waals surface area (Å²) in [6.07, 6.45) is 0.839. The summed E-state index contributed by atoms with van der Waals surface area (Å²) in [4.78, 5) is 21.5. The van der Waals surface area contributed by atoms with Gasteiger partial charge in [-0.15, -0.1) is 0 Å². The fraction of sp³-hybridized carbons (Fsp3) is 0.263. The molecule has 0 fully saturated rings. The van der Waals surface area contributed by atoms with Gasteiger partial charge in [-0.05, 0) is 20.3 Å². The van der Waals surface area contributed by atoms with E-state index in [0.717, 1.165) is 12.0 Å². The molecule has 0 saturated carbocycles. The Bertz CT molecular complexity index is 892. The third-order valence-corrected chi connectivity index (χ3v) is 3.86. The maximum Gasteiger partial charge on any atom is 0.270 e. The smallest absolute Gasteiger partial charge is 0.270 e. The molecule has 0 radical (unpaired) electrons. The Hall–Kier alpha value is -3.22. The molecule has 2 aromatic heterocycles. The molecule has 1 aromatic carbocycles. The van der Waals surface area contributed by atoms with Crippen molar-refractivity contribution in [3.63, 3.8) is 0 Å². The van der Waals surface area contributed by atoms with Crippen molar-refractivity contribution in [2.75, 3.05) is 5.32 Å². The Labute approximate surface area is 151 Å². The van der Waals surface area contributed by atoms with Gasteiger partial charge >= 0.3 is 0 Å². The van der Waals surface area contributed by atoms with Crippen LogP contribution in [0.2, 0.25) is 0 Å². The van der Waals surface area contributed by atoms with Gasteiger partial charge in [-0.3, -0.25) is 4.79 Å². The van der Waals surface area contributed by atoms with E-state index in [1.54, 1.807) is 19.1 Å². The van der Waals surface area contributed by atoms with Crippen molar-refractivity contribution in [3.05, 3.63) is 53.9 Å². The van der Waals surface area contributed by atoms with Gasteiger partial charge in [0.2, 0.25) is 0 Å². The molecular formula is C19H21N5O2.